The molecule has 1 aliphatic rings. The van der Waals surface area contributed by atoms with E-state index >= 15 is 0 Å². The second-order valence-electron chi connectivity index (χ2n) is 5.81. The van der Waals surface area contributed by atoms with E-state index in [1.54, 1.807) is 30.3 Å². The number of hydrogen-bond acceptors (Lipinski definition) is 3. The fourth-order valence-corrected chi connectivity index (χ4v) is 4.59. The van der Waals surface area contributed by atoms with Gasteiger partial charge in [-0.2, -0.15) is 0 Å². The second-order valence-corrected chi connectivity index (χ2v) is 7.63. The molecule has 4 nitrogen and oxygen atoms in total. The van der Waals surface area contributed by atoms with Crippen LogP contribution in [0.25, 0.3) is 0 Å². The first-order chi connectivity index (χ1) is 10.4. The molecule has 22 heavy (non-hydrogen) atoms. The molecule has 1 unspecified atom stereocenters. The summed E-state index contributed by atoms with van der Waals surface area (Å²) in [5.41, 5.74) is 0.987. The second kappa shape index (κ2) is 6.65. The largest absolute Gasteiger partial charge is 0.273 e. The van der Waals surface area contributed by atoms with Crippen LogP contribution >= 0.6 is 0 Å². The molecule has 5 heteroatoms. The van der Waals surface area contributed by atoms with Gasteiger partial charge in [0, 0.05) is 12.0 Å². The van der Waals surface area contributed by atoms with Gasteiger partial charge in [-0.05, 0) is 44.7 Å². The number of carbonyl (C=O) groups is 1. The van der Waals surface area contributed by atoms with Crippen LogP contribution in [0.15, 0.2) is 41.8 Å². The lowest BCUT2D eigenvalue weighted by molar-refractivity contribution is -0.127. The van der Waals surface area contributed by atoms with Crippen molar-refractivity contribution in [3.8, 4) is 0 Å². The van der Waals surface area contributed by atoms with E-state index in [9.17, 15) is 13.2 Å². The Bertz CT molecular complexity index is 649. The van der Waals surface area contributed by atoms with Gasteiger partial charge in [-0.3, -0.25) is 4.79 Å². The molecule has 1 amide bonds. The Morgan fingerprint density at radius 2 is 1.95 bits per heavy atom. The van der Waals surface area contributed by atoms with Gasteiger partial charge in [0.15, 0.2) is 0 Å². The van der Waals surface area contributed by atoms with Gasteiger partial charge in [-0.15, -0.1) is 6.58 Å². The van der Waals surface area contributed by atoms with E-state index in [4.69, 9.17) is 0 Å². The van der Waals surface area contributed by atoms with E-state index in [1.165, 1.54) is 0 Å². The van der Waals surface area contributed by atoms with Crippen molar-refractivity contribution in [3.63, 3.8) is 0 Å². The Morgan fingerprint density at radius 3 is 2.50 bits per heavy atom. The van der Waals surface area contributed by atoms with Crippen LogP contribution in [0, 0.1) is 12.8 Å². The fraction of sp³-hybridized carbons (Fsp3) is 0.471. The zero-order valence-electron chi connectivity index (χ0n) is 13.2. The smallest absolute Gasteiger partial charge is 0.266 e. The lowest BCUT2D eigenvalue weighted by Crippen LogP contribution is -2.39. The number of nitrogens with zero attached hydrogens (tertiary/aromatic N) is 1. The minimum Gasteiger partial charge on any atom is -0.273 e. The first-order valence-corrected chi connectivity index (χ1v) is 9.11. The highest BCUT2D eigenvalue weighted by Crippen LogP contribution is 2.34. The van der Waals surface area contributed by atoms with Gasteiger partial charge in [0.2, 0.25) is 5.91 Å². The molecular formula is C17H23NO3S. The molecule has 0 bridgehead atoms. The number of aryl methyl sites for hydroxylation is 1. The topological polar surface area (TPSA) is 54.5 Å². The summed E-state index contributed by atoms with van der Waals surface area (Å²) in [5.74, 6) is -0.466. The molecule has 2 rings (SSSR count). The van der Waals surface area contributed by atoms with E-state index < -0.39 is 10.0 Å². The van der Waals surface area contributed by atoms with Gasteiger partial charge in [-0.1, -0.05) is 30.7 Å². The third-order valence-electron chi connectivity index (χ3n) is 4.23. The normalized spacial score (nSPS) is 22.1. The fourth-order valence-electron chi connectivity index (χ4n) is 2.91. The minimum atomic E-state index is -3.78. The van der Waals surface area contributed by atoms with E-state index in [0.717, 1.165) is 9.87 Å². The highest BCUT2D eigenvalue weighted by atomic mass is 32.2. The standard InChI is InChI=1S/C17H23NO3S/c1-4-6-7-15-12-14(5-2)17(19)18(15)22(20,21)16-10-8-13(3)9-11-16/h4,8-11,14-15H,1,5-7,12H2,2-3H3/t14?,15-/m1/s1. The van der Waals surface area contributed by atoms with E-state index in [1.807, 2.05) is 13.8 Å². The molecule has 120 valence electrons. The maximum absolute atomic E-state index is 12.9. The molecule has 0 saturated carbocycles. The Morgan fingerprint density at radius 1 is 1.32 bits per heavy atom. The molecule has 0 N–H and O–H groups in total. The molecule has 1 saturated heterocycles. The summed E-state index contributed by atoms with van der Waals surface area (Å²) in [6.45, 7) is 7.51. The zero-order chi connectivity index (χ0) is 16.3. The summed E-state index contributed by atoms with van der Waals surface area (Å²) in [6.07, 6.45) is 4.38. The number of allylic oxidation sites excluding steroid dienone is 1. The highest BCUT2D eigenvalue weighted by molar-refractivity contribution is 7.89. The molecular weight excluding hydrogens is 298 g/mol. The van der Waals surface area contributed by atoms with Crippen LogP contribution < -0.4 is 0 Å². The van der Waals surface area contributed by atoms with Crippen LogP contribution in [0.4, 0.5) is 0 Å². The maximum Gasteiger partial charge on any atom is 0.266 e. The Labute approximate surface area is 132 Å². The van der Waals surface area contributed by atoms with Crippen molar-refractivity contribution < 1.29 is 13.2 Å². The first kappa shape index (κ1) is 16.7. The van der Waals surface area contributed by atoms with Crippen molar-refractivity contribution in [2.75, 3.05) is 0 Å². The van der Waals surface area contributed by atoms with E-state index in [-0.39, 0.29) is 22.8 Å². The van der Waals surface area contributed by atoms with Crippen molar-refractivity contribution in [1.29, 1.82) is 0 Å². The summed E-state index contributed by atoms with van der Waals surface area (Å²) in [7, 11) is -3.78. The van der Waals surface area contributed by atoms with Crippen LogP contribution in [0.3, 0.4) is 0 Å². The summed E-state index contributed by atoms with van der Waals surface area (Å²) in [6, 6.07) is 6.39. The molecule has 2 atom stereocenters. The lowest BCUT2D eigenvalue weighted by atomic mass is 10.0. The van der Waals surface area contributed by atoms with Crippen molar-refractivity contribution in [2.24, 2.45) is 5.92 Å². The Balaban J connectivity index is 2.38. The van der Waals surface area contributed by atoms with Crippen molar-refractivity contribution in [2.45, 2.75) is 50.5 Å². The number of sulfonamides is 1. The molecule has 1 aliphatic heterocycles. The molecule has 0 spiro atoms. The van der Waals surface area contributed by atoms with E-state index in [2.05, 4.69) is 6.58 Å². The van der Waals surface area contributed by atoms with Crippen molar-refractivity contribution in [3.05, 3.63) is 42.5 Å². The molecule has 0 aliphatic carbocycles. The van der Waals surface area contributed by atoms with Gasteiger partial charge in [-0.25, -0.2) is 12.7 Å². The van der Waals surface area contributed by atoms with Crippen molar-refractivity contribution in [1.82, 2.24) is 4.31 Å². The third kappa shape index (κ3) is 3.09. The van der Waals surface area contributed by atoms with Crippen LogP contribution in [0.5, 0.6) is 0 Å². The number of hydrogen-bond donors (Lipinski definition) is 0. The summed E-state index contributed by atoms with van der Waals surface area (Å²) < 4.78 is 26.9. The molecule has 1 heterocycles. The average molecular weight is 321 g/mol. The van der Waals surface area contributed by atoms with Gasteiger partial charge in [0.1, 0.15) is 0 Å². The monoisotopic (exact) mass is 321 g/mol. The van der Waals surface area contributed by atoms with E-state index in [0.29, 0.717) is 25.7 Å². The van der Waals surface area contributed by atoms with Crippen LogP contribution in [-0.2, 0) is 14.8 Å². The average Bonchev–Trinajstić information content (AvgIpc) is 2.82. The number of carbonyl (C=O) groups excluding carboxylic acids is 1. The molecule has 0 radical (unpaired) electrons. The van der Waals surface area contributed by atoms with Crippen LogP contribution in [0.1, 0.15) is 38.2 Å². The van der Waals surface area contributed by atoms with Crippen LogP contribution in [0.2, 0.25) is 0 Å². The van der Waals surface area contributed by atoms with Gasteiger partial charge in [0.25, 0.3) is 10.0 Å². The minimum absolute atomic E-state index is 0.187. The summed E-state index contributed by atoms with van der Waals surface area (Å²) >= 11 is 0. The predicted molar refractivity (Wildman–Crippen MR) is 86.8 cm³/mol. The summed E-state index contributed by atoms with van der Waals surface area (Å²) in [4.78, 5) is 12.7. The Hall–Kier alpha value is -1.62. The lowest BCUT2D eigenvalue weighted by Gasteiger charge is -2.24. The number of benzene rings is 1. The SMILES string of the molecule is C=CCC[C@@H]1CC(CC)C(=O)N1S(=O)(=O)c1ccc(C)cc1. The number of rotatable bonds is 6. The molecule has 0 aromatic heterocycles. The van der Waals surface area contributed by atoms with Gasteiger partial charge >= 0.3 is 0 Å². The summed E-state index contributed by atoms with van der Waals surface area (Å²) in [5, 5.41) is 0. The highest BCUT2D eigenvalue weighted by Gasteiger charge is 2.45. The van der Waals surface area contributed by atoms with Gasteiger partial charge < -0.3 is 0 Å². The molecule has 1 fully saturated rings. The first-order valence-electron chi connectivity index (χ1n) is 7.67. The van der Waals surface area contributed by atoms with Crippen molar-refractivity contribution >= 4 is 15.9 Å². The third-order valence-corrected chi connectivity index (χ3v) is 6.09. The molecule has 1 aromatic carbocycles. The predicted octanol–water partition coefficient (Wildman–Crippen LogP) is 3.28. The zero-order valence-corrected chi connectivity index (χ0v) is 14.0. The maximum atomic E-state index is 12.9. The quantitative estimate of drug-likeness (QED) is 0.756. The van der Waals surface area contributed by atoms with Crippen LogP contribution in [-0.4, -0.2) is 24.7 Å². The molecule has 1 aromatic rings. The number of amides is 1. The van der Waals surface area contributed by atoms with Gasteiger partial charge in [0.05, 0.1) is 4.90 Å². The Kier molecular flexibility index (Phi) is 5.06.